The molecule has 0 aromatic heterocycles. The van der Waals surface area contributed by atoms with Gasteiger partial charge in [-0.1, -0.05) is 18.2 Å². The van der Waals surface area contributed by atoms with Crippen molar-refractivity contribution < 1.29 is 18.5 Å². The Kier molecular flexibility index (Phi) is 16.6. The fraction of sp³-hybridized carbons (Fsp3) is 0.129. The number of nitrogens with zero attached hydrogens (tertiary/aromatic N) is 3. The summed E-state index contributed by atoms with van der Waals surface area (Å²) >= 11 is 2.27. The monoisotopic (exact) mass is 695 g/mol. The molecule has 0 heterocycles. The maximum absolute atomic E-state index is 11.4. The molecule has 3 aromatic rings. The van der Waals surface area contributed by atoms with E-state index >= 15 is 0 Å². The molecular weight excluding hydrogens is 667 g/mol. The second kappa shape index (κ2) is 19.3. The van der Waals surface area contributed by atoms with Crippen LogP contribution in [-0.2, 0) is 13.7 Å². The van der Waals surface area contributed by atoms with Gasteiger partial charge in [-0.05, 0) is 128 Å². The van der Waals surface area contributed by atoms with Gasteiger partial charge in [0.1, 0.15) is 0 Å². The van der Waals surface area contributed by atoms with Crippen LogP contribution in [0.15, 0.2) is 72.8 Å². The first-order valence-electron chi connectivity index (χ1n) is 11.9. The molecule has 0 bridgehead atoms. The van der Waals surface area contributed by atoms with Crippen LogP contribution in [-0.4, -0.2) is 12.0 Å². The minimum absolute atomic E-state index is 0.387. The summed E-state index contributed by atoms with van der Waals surface area (Å²) < 4.78 is 28.2. The molecule has 3 aromatic carbocycles. The lowest BCUT2D eigenvalue weighted by molar-refractivity contribution is 0.423. The second-order valence-corrected chi connectivity index (χ2v) is 12.1. The minimum Gasteiger partial charge on any atom is -0.193 e. The third kappa shape index (κ3) is 14.4. The molecule has 0 aliphatic rings. The Hall–Kier alpha value is -3.80. The van der Waals surface area contributed by atoms with Gasteiger partial charge in [0.25, 0.3) is 0 Å². The zero-order chi connectivity index (χ0) is 30.8. The van der Waals surface area contributed by atoms with Crippen molar-refractivity contribution >= 4 is 67.5 Å². The largest absolute Gasteiger partial charge is 0.548 e. The second-order valence-electron chi connectivity index (χ2n) is 8.37. The molecule has 7 nitrogen and oxygen atoms in total. The average Bonchev–Trinajstić information content (AvgIpc) is 2.93. The van der Waals surface area contributed by atoms with Gasteiger partial charge in [0.15, 0.2) is 0 Å². The lowest BCUT2D eigenvalue weighted by atomic mass is 10.1. The molecule has 0 saturated carbocycles. The Labute approximate surface area is 256 Å². The Balaban J connectivity index is 0.000000309. The first kappa shape index (κ1) is 35.2. The molecule has 1 N–H and O–H groups in total. The summed E-state index contributed by atoms with van der Waals surface area (Å²) in [7, 11) is -2.69. The summed E-state index contributed by atoms with van der Waals surface area (Å²) in [5, 5.41) is 26.1. The normalized spacial score (nSPS) is 11.0. The smallest absolute Gasteiger partial charge is 0.193 e. The molecule has 0 saturated heterocycles. The first-order valence-corrected chi connectivity index (χ1v) is 15.4. The zero-order valence-corrected chi connectivity index (χ0v) is 26.9. The highest BCUT2D eigenvalue weighted by molar-refractivity contribution is 14.1. The third-order valence-corrected chi connectivity index (χ3v) is 7.22. The van der Waals surface area contributed by atoms with Crippen LogP contribution in [0.3, 0.4) is 0 Å². The van der Waals surface area contributed by atoms with E-state index in [1.165, 1.54) is 34.5 Å². The number of hydrogen-bond donors (Lipinski definition) is 1. The van der Waals surface area contributed by atoms with Crippen molar-refractivity contribution in [2.75, 3.05) is 7.11 Å². The predicted molar refractivity (Wildman–Crippen MR) is 174 cm³/mol. The lowest BCUT2D eigenvalue weighted by Crippen LogP contribution is -1.99. The molecule has 0 spiro atoms. The summed E-state index contributed by atoms with van der Waals surface area (Å²) in [5.41, 5.74) is 5.81. The summed E-state index contributed by atoms with van der Waals surface area (Å²) in [6.07, 6.45) is 9.31. The van der Waals surface area contributed by atoms with Gasteiger partial charge >= 0.3 is 16.1 Å². The SMILES string of the molecule is CO[P+](=O)c1cc(C)cc(/C=C/C#N)c1.Cc1cc(/C=C/C#N)cc([P+](=O)O)c1.Cc1cc(I)cc(/C=C/C#N)c1. The number of halogens is 1. The summed E-state index contributed by atoms with van der Waals surface area (Å²) in [6, 6.07) is 22.5. The standard InChI is InChI=1S/C11H11NO2P.C10H8IN.C10H8NO2P/c1-9-6-10(4-3-5-12)8-11(7-9)15(13)14-2;1-8-5-9(3-2-4-12)7-10(11)6-8;1-8-5-9(3-2-4-11)7-10(6-8)14(12)13/h3-4,6-8H,1-2H3;2-3,5-7H,1H3;2-3,5-7H,1H3/q+1;;/p+1/b4-3+;2*3-2+. The van der Waals surface area contributed by atoms with Gasteiger partial charge in [-0.3, -0.25) is 0 Å². The Morgan fingerprint density at radius 1 is 0.683 bits per heavy atom. The van der Waals surface area contributed by atoms with E-state index in [2.05, 4.69) is 34.7 Å². The van der Waals surface area contributed by atoms with Gasteiger partial charge in [-0.25, -0.2) is 0 Å². The van der Waals surface area contributed by atoms with Crippen LogP contribution >= 0.6 is 38.6 Å². The van der Waals surface area contributed by atoms with Crippen LogP contribution in [0, 0.1) is 58.3 Å². The molecule has 10 heteroatoms. The van der Waals surface area contributed by atoms with Gasteiger partial charge in [0.05, 0.1) is 25.3 Å². The molecule has 2 unspecified atom stereocenters. The Morgan fingerprint density at radius 3 is 1.46 bits per heavy atom. The summed E-state index contributed by atoms with van der Waals surface area (Å²) in [6.45, 7) is 5.80. The van der Waals surface area contributed by atoms with E-state index in [-0.39, 0.29) is 0 Å². The van der Waals surface area contributed by atoms with E-state index in [1.807, 2.05) is 69.3 Å². The van der Waals surface area contributed by atoms with Gasteiger partial charge in [-0.2, -0.15) is 20.7 Å². The summed E-state index contributed by atoms with van der Waals surface area (Å²) in [4.78, 5) is 8.92. The molecule has 0 aliphatic carbocycles. The van der Waals surface area contributed by atoms with Crippen molar-refractivity contribution in [1.82, 2.24) is 0 Å². The van der Waals surface area contributed by atoms with E-state index in [0.717, 1.165) is 27.8 Å². The van der Waals surface area contributed by atoms with Crippen LogP contribution in [0.5, 0.6) is 0 Å². The molecule has 206 valence electrons. The fourth-order valence-corrected chi connectivity index (χ4v) is 5.56. The Bertz CT molecular complexity index is 1590. The zero-order valence-electron chi connectivity index (χ0n) is 22.9. The minimum atomic E-state index is -2.31. The van der Waals surface area contributed by atoms with Crippen molar-refractivity contribution in [2.24, 2.45) is 0 Å². The Morgan fingerprint density at radius 2 is 1.07 bits per heavy atom. The van der Waals surface area contributed by atoms with E-state index in [9.17, 15) is 9.13 Å². The van der Waals surface area contributed by atoms with Gasteiger partial charge in [0.2, 0.25) is 10.6 Å². The van der Waals surface area contributed by atoms with E-state index in [1.54, 1.807) is 30.4 Å². The molecule has 41 heavy (non-hydrogen) atoms. The van der Waals surface area contributed by atoms with Crippen molar-refractivity contribution in [3.63, 3.8) is 0 Å². The van der Waals surface area contributed by atoms with Crippen LogP contribution in [0.25, 0.3) is 18.2 Å². The highest BCUT2D eigenvalue weighted by Gasteiger charge is 2.20. The van der Waals surface area contributed by atoms with Crippen LogP contribution in [0.4, 0.5) is 0 Å². The molecular formula is C31H28IN3O4P2+2. The molecule has 2 atom stereocenters. The van der Waals surface area contributed by atoms with Gasteiger partial charge in [-0.15, -0.1) is 4.52 Å². The molecule has 0 radical (unpaired) electrons. The van der Waals surface area contributed by atoms with Crippen molar-refractivity contribution in [3.8, 4) is 18.2 Å². The molecule has 0 amide bonds. The maximum atomic E-state index is 11.4. The predicted octanol–water partition coefficient (Wildman–Crippen LogP) is 7.57. The van der Waals surface area contributed by atoms with Crippen molar-refractivity contribution in [2.45, 2.75) is 20.8 Å². The van der Waals surface area contributed by atoms with Crippen LogP contribution in [0.2, 0.25) is 0 Å². The maximum Gasteiger partial charge on any atom is 0.548 e. The molecule has 0 fully saturated rings. The molecule has 0 aliphatic heterocycles. The van der Waals surface area contributed by atoms with Gasteiger partial charge in [0, 0.05) is 33.9 Å². The topological polar surface area (TPSA) is 135 Å². The van der Waals surface area contributed by atoms with E-state index < -0.39 is 16.1 Å². The first-order chi connectivity index (χ1) is 19.5. The number of aryl methyl sites for hydroxylation is 3. The number of rotatable bonds is 6. The number of nitriles is 3. The molecule has 3 rings (SSSR count). The van der Waals surface area contributed by atoms with Crippen molar-refractivity contribution in [1.29, 1.82) is 15.8 Å². The fourth-order valence-electron chi connectivity index (χ4n) is 3.36. The van der Waals surface area contributed by atoms with Crippen LogP contribution in [0.1, 0.15) is 33.4 Å². The highest BCUT2D eigenvalue weighted by Crippen LogP contribution is 2.21. The summed E-state index contributed by atoms with van der Waals surface area (Å²) in [5.74, 6) is 0. The average molecular weight is 695 g/mol. The quantitative estimate of drug-likeness (QED) is 0.160. The lowest BCUT2D eigenvalue weighted by Gasteiger charge is -1.97. The van der Waals surface area contributed by atoms with Crippen LogP contribution < -0.4 is 10.6 Å². The number of benzene rings is 3. The van der Waals surface area contributed by atoms with E-state index in [4.69, 9.17) is 25.2 Å². The highest BCUT2D eigenvalue weighted by atomic mass is 127. The van der Waals surface area contributed by atoms with E-state index in [0.29, 0.717) is 10.6 Å². The van der Waals surface area contributed by atoms with Gasteiger partial charge < -0.3 is 0 Å². The number of allylic oxidation sites excluding steroid dienone is 3. The number of hydrogen-bond acceptors (Lipinski definition) is 6. The van der Waals surface area contributed by atoms with Crippen molar-refractivity contribution in [3.05, 3.63) is 110 Å². The third-order valence-electron chi connectivity index (χ3n) is 4.88.